The third kappa shape index (κ3) is 2.04. The molecule has 2 saturated carbocycles. The molecule has 5 unspecified atom stereocenters. The van der Waals surface area contributed by atoms with Gasteiger partial charge in [0.25, 0.3) is 0 Å². The van der Waals surface area contributed by atoms with E-state index in [1.165, 1.54) is 43.5 Å². The van der Waals surface area contributed by atoms with Crippen LogP contribution in [-0.4, -0.2) is 4.90 Å². The summed E-state index contributed by atoms with van der Waals surface area (Å²) >= 11 is 0. The summed E-state index contributed by atoms with van der Waals surface area (Å²) in [4.78, 5) is 2.31. The molecule has 1 heteroatoms. The van der Waals surface area contributed by atoms with Crippen LogP contribution in [0.5, 0.6) is 0 Å². The smallest absolute Gasteiger partial charge is 0.0863 e. The van der Waals surface area contributed by atoms with E-state index in [4.69, 9.17) is 0 Å². The molecule has 0 bridgehead atoms. The van der Waals surface area contributed by atoms with E-state index in [1.807, 2.05) is 0 Å². The van der Waals surface area contributed by atoms with Crippen molar-refractivity contribution in [3.05, 3.63) is 35.3 Å². The van der Waals surface area contributed by atoms with Gasteiger partial charge in [0, 0.05) is 6.20 Å². The Kier molecular flexibility index (Phi) is 2.93. The number of hydrogen-bond donors (Lipinski definition) is 0. The Labute approximate surface area is 129 Å². The van der Waals surface area contributed by atoms with E-state index >= 15 is 0 Å². The highest BCUT2D eigenvalue weighted by Crippen LogP contribution is 2.61. The topological polar surface area (TPSA) is 3.01 Å². The second-order valence-corrected chi connectivity index (χ2v) is 8.30. The first-order valence-electron chi connectivity index (χ1n) is 8.93. The van der Waals surface area contributed by atoms with Gasteiger partial charge in [-0.15, -0.1) is 0 Å². The minimum absolute atomic E-state index is 0.566. The van der Waals surface area contributed by atoms with Gasteiger partial charge in [0.05, 0.1) is 11.4 Å². The van der Waals surface area contributed by atoms with Gasteiger partial charge in [0.1, 0.15) is 0 Å². The summed E-state index contributed by atoms with van der Waals surface area (Å²) in [6.07, 6.45) is 14.2. The fourth-order valence-electron chi connectivity index (χ4n) is 5.68. The molecule has 0 N–H and O–H groups in total. The number of allylic oxidation sites excluding steroid dienone is 3. The fourth-order valence-corrected chi connectivity index (χ4v) is 5.68. The van der Waals surface area contributed by atoms with E-state index in [0.29, 0.717) is 5.41 Å². The van der Waals surface area contributed by atoms with Crippen molar-refractivity contribution in [3.63, 3.8) is 0 Å². The Balaban J connectivity index is 1.47. The average molecular weight is 283 g/mol. The van der Waals surface area contributed by atoms with Crippen LogP contribution in [0.25, 0.3) is 0 Å². The minimum Gasteiger partial charge on any atom is -0.310 e. The van der Waals surface area contributed by atoms with Crippen molar-refractivity contribution in [3.8, 4) is 0 Å². The monoisotopic (exact) mass is 283 g/mol. The second kappa shape index (κ2) is 4.51. The number of fused-ring (bicyclic) bond motifs is 1. The van der Waals surface area contributed by atoms with Crippen molar-refractivity contribution in [2.24, 2.45) is 29.1 Å². The van der Waals surface area contributed by atoms with Crippen LogP contribution in [0.1, 0.15) is 59.8 Å². The highest BCUT2D eigenvalue weighted by atomic mass is 15.4. The molecular formula is C20H29N. The van der Waals surface area contributed by atoms with Crippen LogP contribution >= 0.6 is 0 Å². The van der Waals surface area contributed by atoms with E-state index in [9.17, 15) is 0 Å². The Hall–Kier alpha value is -0.980. The van der Waals surface area contributed by atoms with Gasteiger partial charge >= 0.3 is 0 Å². The van der Waals surface area contributed by atoms with E-state index in [0.717, 1.165) is 23.7 Å². The standard InChI is InChI=1S/C20H29N/c1-5-15-16(8-9-17-18-12-21(17)18)14(3)19(15)20(4)10-6-7-13(2)11-20/h5,9,12-14,16,19H,6-8,10-11H2,1-4H3/b15-5-,17-9+. The molecule has 4 rings (SSSR count). The van der Waals surface area contributed by atoms with Crippen LogP contribution in [0.4, 0.5) is 0 Å². The lowest BCUT2D eigenvalue weighted by atomic mass is 9.48. The zero-order chi connectivity index (χ0) is 14.8. The van der Waals surface area contributed by atoms with Gasteiger partial charge in [-0.1, -0.05) is 51.3 Å². The molecule has 2 heterocycles. The molecule has 0 aromatic carbocycles. The zero-order valence-corrected chi connectivity index (χ0v) is 14.0. The van der Waals surface area contributed by atoms with Gasteiger partial charge in [-0.2, -0.15) is 0 Å². The molecule has 21 heavy (non-hydrogen) atoms. The molecule has 4 aliphatic rings. The van der Waals surface area contributed by atoms with Crippen LogP contribution in [-0.2, 0) is 0 Å². The van der Waals surface area contributed by atoms with Gasteiger partial charge < -0.3 is 4.90 Å². The molecule has 1 saturated heterocycles. The largest absolute Gasteiger partial charge is 0.310 e. The van der Waals surface area contributed by atoms with Gasteiger partial charge in [0.15, 0.2) is 0 Å². The molecule has 0 aromatic heterocycles. The molecule has 0 aromatic rings. The predicted molar refractivity (Wildman–Crippen MR) is 88.3 cm³/mol. The number of hydrogen-bond acceptors (Lipinski definition) is 1. The lowest BCUT2D eigenvalue weighted by Gasteiger charge is -2.57. The summed E-state index contributed by atoms with van der Waals surface area (Å²) in [6, 6.07) is 0. The molecule has 0 spiro atoms. The van der Waals surface area contributed by atoms with E-state index in [2.05, 4.69) is 50.9 Å². The summed E-state index contributed by atoms with van der Waals surface area (Å²) in [7, 11) is 0. The lowest BCUT2D eigenvalue weighted by Crippen LogP contribution is -2.48. The van der Waals surface area contributed by atoms with Crippen LogP contribution in [0.2, 0.25) is 0 Å². The minimum atomic E-state index is 0.566. The lowest BCUT2D eigenvalue weighted by molar-refractivity contribution is 0.00926. The molecule has 5 atom stereocenters. The zero-order valence-electron chi connectivity index (χ0n) is 14.0. The molecule has 2 aliphatic heterocycles. The third-order valence-corrected chi connectivity index (χ3v) is 6.77. The summed E-state index contributed by atoms with van der Waals surface area (Å²) < 4.78 is 0. The van der Waals surface area contributed by atoms with Gasteiger partial charge in [-0.05, 0) is 55.3 Å². The van der Waals surface area contributed by atoms with Crippen LogP contribution in [0.15, 0.2) is 35.3 Å². The van der Waals surface area contributed by atoms with Gasteiger partial charge in [0.2, 0.25) is 0 Å². The number of rotatable bonds is 3. The quantitative estimate of drug-likeness (QED) is 0.490. The second-order valence-electron chi connectivity index (χ2n) is 8.30. The summed E-state index contributed by atoms with van der Waals surface area (Å²) in [6.45, 7) is 9.82. The molecule has 114 valence electrons. The molecular weight excluding hydrogens is 254 g/mol. The van der Waals surface area contributed by atoms with Crippen LogP contribution in [0, 0.1) is 29.1 Å². The van der Waals surface area contributed by atoms with Crippen molar-refractivity contribution < 1.29 is 0 Å². The van der Waals surface area contributed by atoms with Gasteiger partial charge in [-0.25, -0.2) is 0 Å². The van der Waals surface area contributed by atoms with Crippen molar-refractivity contribution in [1.29, 1.82) is 0 Å². The molecule has 3 fully saturated rings. The third-order valence-electron chi connectivity index (χ3n) is 6.77. The maximum absolute atomic E-state index is 2.58. The first kappa shape index (κ1) is 13.7. The average Bonchev–Trinajstić information content (AvgIpc) is 3.30. The summed E-state index contributed by atoms with van der Waals surface area (Å²) in [5, 5.41) is 0. The SMILES string of the molecule is C/C=C1/C(C/C=C2\C3=CN32)C(C)C1C1(C)CCCC(C)C1. The first-order valence-corrected chi connectivity index (χ1v) is 8.93. The molecule has 1 nitrogen and oxygen atoms in total. The van der Waals surface area contributed by atoms with E-state index in [1.54, 1.807) is 5.57 Å². The first-order chi connectivity index (χ1) is 10.0. The van der Waals surface area contributed by atoms with Crippen molar-refractivity contribution in [2.75, 3.05) is 0 Å². The van der Waals surface area contributed by atoms with E-state index < -0.39 is 0 Å². The van der Waals surface area contributed by atoms with Crippen molar-refractivity contribution >= 4 is 0 Å². The van der Waals surface area contributed by atoms with Gasteiger partial charge in [-0.3, -0.25) is 0 Å². The Morgan fingerprint density at radius 3 is 2.71 bits per heavy atom. The number of nitrogens with zero attached hydrogens (tertiary/aromatic N) is 1. The Morgan fingerprint density at radius 2 is 2.14 bits per heavy atom. The highest BCUT2D eigenvalue weighted by Gasteiger charge is 2.52. The summed E-state index contributed by atoms with van der Waals surface area (Å²) in [5.41, 5.74) is 5.34. The summed E-state index contributed by atoms with van der Waals surface area (Å²) in [5.74, 6) is 3.45. The van der Waals surface area contributed by atoms with E-state index in [-0.39, 0.29) is 0 Å². The molecule has 0 amide bonds. The maximum Gasteiger partial charge on any atom is 0.0863 e. The fraction of sp³-hybridized carbons (Fsp3) is 0.700. The molecule has 0 radical (unpaired) electrons. The predicted octanol–water partition coefficient (Wildman–Crippen LogP) is 5.48. The van der Waals surface area contributed by atoms with Crippen LogP contribution in [0.3, 0.4) is 0 Å². The van der Waals surface area contributed by atoms with Crippen molar-refractivity contribution in [1.82, 2.24) is 4.90 Å². The molecule has 2 aliphatic carbocycles. The highest BCUT2D eigenvalue weighted by molar-refractivity contribution is 5.61. The van der Waals surface area contributed by atoms with Crippen molar-refractivity contribution in [2.45, 2.75) is 59.8 Å². The van der Waals surface area contributed by atoms with Crippen LogP contribution < -0.4 is 0 Å². The Bertz CT molecular complexity index is 552. The Morgan fingerprint density at radius 1 is 1.38 bits per heavy atom. The normalized spacial score (nSPS) is 48.0. The maximum atomic E-state index is 2.58.